The third kappa shape index (κ3) is 3.27. The Morgan fingerprint density at radius 3 is 2.50 bits per heavy atom. The largest absolute Gasteiger partial charge is 0.496 e. The normalized spacial score (nSPS) is 14.9. The number of hydrogen-bond donors (Lipinski definition) is 0. The first-order valence-corrected chi connectivity index (χ1v) is 9.32. The van der Waals surface area contributed by atoms with E-state index in [0.29, 0.717) is 17.1 Å². The Morgan fingerprint density at radius 2 is 1.75 bits per heavy atom. The topological polar surface area (TPSA) is 57.1 Å². The standard InChI is InChI=1S/C22H16BrNO4/c1-26-19-9-7-13-5-3-4-6-15(13)16(19)12-18-22(25)28-21(24-18)14-8-10-20(27-2)17(23)11-14/h3-12H,1-2H3/b18-12+. The molecule has 0 unspecified atom stereocenters. The molecule has 28 heavy (non-hydrogen) atoms. The number of halogens is 1. The van der Waals surface area contributed by atoms with Crippen molar-refractivity contribution in [3.63, 3.8) is 0 Å². The van der Waals surface area contributed by atoms with Crippen LogP contribution in [0, 0.1) is 0 Å². The fourth-order valence-corrected chi connectivity index (χ4v) is 3.61. The van der Waals surface area contributed by atoms with E-state index in [0.717, 1.165) is 20.8 Å². The van der Waals surface area contributed by atoms with Gasteiger partial charge in [-0.25, -0.2) is 9.79 Å². The lowest BCUT2D eigenvalue weighted by Gasteiger charge is -2.08. The van der Waals surface area contributed by atoms with Crippen LogP contribution < -0.4 is 9.47 Å². The minimum atomic E-state index is -0.503. The lowest BCUT2D eigenvalue weighted by molar-refractivity contribution is -0.129. The second-order valence-electron chi connectivity index (χ2n) is 6.09. The lowest BCUT2D eigenvalue weighted by atomic mass is 10.0. The number of esters is 1. The zero-order valence-corrected chi connectivity index (χ0v) is 16.8. The fraction of sp³-hybridized carbons (Fsp3) is 0.0909. The summed E-state index contributed by atoms with van der Waals surface area (Å²) in [7, 11) is 3.19. The van der Waals surface area contributed by atoms with Gasteiger partial charge in [-0.3, -0.25) is 0 Å². The van der Waals surface area contributed by atoms with Crippen molar-refractivity contribution < 1.29 is 19.0 Å². The summed E-state index contributed by atoms with van der Waals surface area (Å²) >= 11 is 3.43. The number of aliphatic imine (C=N–C) groups is 1. The molecule has 3 aromatic rings. The Bertz CT molecular complexity index is 1150. The van der Waals surface area contributed by atoms with Gasteiger partial charge in [0, 0.05) is 11.1 Å². The summed E-state index contributed by atoms with van der Waals surface area (Å²) in [6, 6.07) is 17.1. The maximum Gasteiger partial charge on any atom is 0.363 e. The van der Waals surface area contributed by atoms with Crippen LogP contribution in [0.5, 0.6) is 11.5 Å². The van der Waals surface area contributed by atoms with E-state index >= 15 is 0 Å². The van der Waals surface area contributed by atoms with Gasteiger partial charge in [-0.15, -0.1) is 0 Å². The van der Waals surface area contributed by atoms with E-state index in [1.54, 1.807) is 38.5 Å². The van der Waals surface area contributed by atoms with Crippen molar-refractivity contribution in [2.45, 2.75) is 0 Å². The molecule has 1 aliphatic rings. The molecule has 0 aromatic heterocycles. The van der Waals surface area contributed by atoms with E-state index < -0.39 is 5.97 Å². The molecule has 0 saturated heterocycles. The number of carbonyl (C=O) groups is 1. The van der Waals surface area contributed by atoms with Crippen molar-refractivity contribution in [2.75, 3.05) is 14.2 Å². The van der Waals surface area contributed by atoms with Crippen LogP contribution in [-0.4, -0.2) is 26.1 Å². The van der Waals surface area contributed by atoms with Crippen LogP contribution in [0.15, 0.2) is 69.8 Å². The minimum Gasteiger partial charge on any atom is -0.496 e. The minimum absolute atomic E-state index is 0.219. The predicted octanol–water partition coefficient (Wildman–Crippen LogP) is 4.96. The van der Waals surface area contributed by atoms with Crippen molar-refractivity contribution in [3.8, 4) is 11.5 Å². The van der Waals surface area contributed by atoms with E-state index in [1.165, 1.54) is 0 Å². The third-order valence-corrected chi connectivity index (χ3v) is 5.07. The first-order chi connectivity index (χ1) is 13.6. The molecule has 1 aliphatic heterocycles. The molecule has 4 rings (SSSR count). The van der Waals surface area contributed by atoms with Gasteiger partial charge in [0.25, 0.3) is 0 Å². The smallest absolute Gasteiger partial charge is 0.363 e. The fourth-order valence-electron chi connectivity index (χ4n) is 3.07. The monoisotopic (exact) mass is 437 g/mol. The molecule has 140 valence electrons. The highest BCUT2D eigenvalue weighted by Crippen LogP contribution is 2.32. The summed E-state index contributed by atoms with van der Waals surface area (Å²) in [5, 5.41) is 2.02. The molecule has 0 spiro atoms. The van der Waals surface area contributed by atoms with Crippen molar-refractivity contribution in [1.29, 1.82) is 0 Å². The number of fused-ring (bicyclic) bond motifs is 1. The molecule has 0 bridgehead atoms. The maximum atomic E-state index is 12.4. The summed E-state index contributed by atoms with van der Waals surface area (Å²) in [6.07, 6.45) is 1.70. The first kappa shape index (κ1) is 18.3. The molecule has 3 aromatic carbocycles. The molecule has 0 N–H and O–H groups in total. The first-order valence-electron chi connectivity index (χ1n) is 8.53. The van der Waals surface area contributed by atoms with Crippen molar-refractivity contribution in [2.24, 2.45) is 4.99 Å². The maximum absolute atomic E-state index is 12.4. The van der Waals surface area contributed by atoms with E-state index in [9.17, 15) is 4.79 Å². The summed E-state index contributed by atoms with van der Waals surface area (Å²) in [6.45, 7) is 0. The van der Waals surface area contributed by atoms with Crippen LogP contribution in [0.25, 0.3) is 16.8 Å². The van der Waals surface area contributed by atoms with Crippen LogP contribution in [0.2, 0.25) is 0 Å². The van der Waals surface area contributed by atoms with E-state index in [4.69, 9.17) is 14.2 Å². The highest BCUT2D eigenvalue weighted by molar-refractivity contribution is 9.10. The number of hydrogen-bond acceptors (Lipinski definition) is 5. The van der Waals surface area contributed by atoms with Crippen molar-refractivity contribution in [3.05, 3.63) is 75.9 Å². The van der Waals surface area contributed by atoms with Gasteiger partial charge in [0.2, 0.25) is 5.90 Å². The van der Waals surface area contributed by atoms with Gasteiger partial charge in [-0.2, -0.15) is 0 Å². The number of nitrogens with zero attached hydrogens (tertiary/aromatic N) is 1. The molecule has 0 atom stereocenters. The average Bonchev–Trinajstić information content (AvgIpc) is 3.08. The highest BCUT2D eigenvalue weighted by Gasteiger charge is 2.25. The SMILES string of the molecule is COc1ccc(C2=N/C(=C/c3c(OC)ccc4ccccc34)C(=O)O2)cc1Br. The number of rotatable bonds is 4. The van der Waals surface area contributed by atoms with Crippen molar-refractivity contribution in [1.82, 2.24) is 0 Å². The van der Waals surface area contributed by atoms with Crippen molar-refractivity contribution >= 4 is 44.6 Å². The van der Waals surface area contributed by atoms with Gasteiger partial charge in [0.1, 0.15) is 11.5 Å². The van der Waals surface area contributed by atoms with Gasteiger partial charge in [-0.1, -0.05) is 30.3 Å². The zero-order valence-electron chi connectivity index (χ0n) is 15.2. The molecular formula is C22H16BrNO4. The molecule has 0 aliphatic carbocycles. The number of ether oxygens (including phenoxy) is 3. The lowest BCUT2D eigenvalue weighted by Crippen LogP contribution is -2.05. The van der Waals surface area contributed by atoms with Gasteiger partial charge in [0.15, 0.2) is 5.70 Å². The van der Waals surface area contributed by atoms with Crippen LogP contribution in [0.1, 0.15) is 11.1 Å². The van der Waals surface area contributed by atoms with Crippen LogP contribution in [-0.2, 0) is 9.53 Å². The molecule has 0 fully saturated rings. The Hall–Kier alpha value is -3.12. The summed E-state index contributed by atoms with van der Waals surface area (Å²) < 4.78 is 16.9. The molecule has 0 amide bonds. The zero-order chi connectivity index (χ0) is 19.7. The number of cyclic esters (lactones) is 1. The number of methoxy groups -OCH3 is 2. The molecule has 6 heteroatoms. The molecular weight excluding hydrogens is 422 g/mol. The van der Waals surface area contributed by atoms with Gasteiger partial charge in [-0.05, 0) is 57.0 Å². The number of carbonyl (C=O) groups excluding carboxylic acids is 1. The summed E-state index contributed by atoms with van der Waals surface area (Å²) in [5.41, 5.74) is 1.68. The summed E-state index contributed by atoms with van der Waals surface area (Å²) in [5.74, 6) is 1.09. The van der Waals surface area contributed by atoms with Crippen LogP contribution in [0.3, 0.4) is 0 Å². The Morgan fingerprint density at radius 1 is 1.00 bits per heavy atom. The second kappa shape index (κ2) is 7.48. The second-order valence-corrected chi connectivity index (χ2v) is 6.94. The molecule has 5 nitrogen and oxygen atoms in total. The Labute approximate surface area is 170 Å². The van der Waals surface area contributed by atoms with E-state index in [-0.39, 0.29) is 11.6 Å². The molecule has 0 saturated carbocycles. The summed E-state index contributed by atoms with van der Waals surface area (Å²) in [4.78, 5) is 16.8. The van der Waals surface area contributed by atoms with Crippen LogP contribution >= 0.6 is 15.9 Å². The van der Waals surface area contributed by atoms with Crippen LogP contribution in [0.4, 0.5) is 0 Å². The van der Waals surface area contributed by atoms with E-state index in [1.807, 2.05) is 36.4 Å². The van der Waals surface area contributed by atoms with Gasteiger partial charge >= 0.3 is 5.97 Å². The average molecular weight is 438 g/mol. The quantitative estimate of drug-likeness (QED) is 0.427. The Balaban J connectivity index is 1.80. The molecule has 0 radical (unpaired) electrons. The van der Waals surface area contributed by atoms with E-state index in [2.05, 4.69) is 20.9 Å². The number of benzene rings is 3. The van der Waals surface area contributed by atoms with Gasteiger partial charge < -0.3 is 14.2 Å². The Kier molecular flexibility index (Phi) is 4.88. The predicted molar refractivity (Wildman–Crippen MR) is 112 cm³/mol. The third-order valence-electron chi connectivity index (χ3n) is 4.45. The van der Waals surface area contributed by atoms with Gasteiger partial charge in [0.05, 0.1) is 18.7 Å². The molecule has 1 heterocycles. The highest BCUT2D eigenvalue weighted by atomic mass is 79.9.